The molecule has 2 unspecified atom stereocenters. The predicted octanol–water partition coefficient (Wildman–Crippen LogP) is 1.69. The molecular weight excluding hydrogens is 202 g/mol. The summed E-state index contributed by atoms with van der Waals surface area (Å²) < 4.78 is 0. The van der Waals surface area contributed by atoms with Crippen LogP contribution in [0.1, 0.15) is 25.0 Å². The highest BCUT2D eigenvalue weighted by Gasteiger charge is 2.14. The van der Waals surface area contributed by atoms with Crippen LogP contribution in [-0.4, -0.2) is 22.7 Å². The molecule has 4 heteroatoms. The van der Waals surface area contributed by atoms with Crippen molar-refractivity contribution in [2.75, 3.05) is 11.9 Å². The Hall–Kier alpha value is -1.60. The highest BCUT2D eigenvalue weighted by Crippen LogP contribution is 2.17. The minimum Gasteiger partial charge on any atom is -0.396 e. The molecule has 0 aliphatic heterocycles. The molecular formula is C12H17N3O. The molecule has 4 nitrogen and oxygen atoms in total. The second kappa shape index (κ2) is 5.47. The van der Waals surface area contributed by atoms with Gasteiger partial charge in [-0.25, -0.2) is 4.98 Å². The van der Waals surface area contributed by atoms with E-state index in [4.69, 9.17) is 10.4 Å². The summed E-state index contributed by atoms with van der Waals surface area (Å²) in [6, 6.07) is 4.02. The minimum absolute atomic E-state index is 0.0754. The van der Waals surface area contributed by atoms with Crippen LogP contribution in [0.15, 0.2) is 12.3 Å². The van der Waals surface area contributed by atoms with Crippen LogP contribution in [0, 0.1) is 24.2 Å². The van der Waals surface area contributed by atoms with Gasteiger partial charge in [-0.05, 0) is 31.4 Å². The highest BCUT2D eigenvalue weighted by atomic mass is 16.3. The van der Waals surface area contributed by atoms with E-state index in [1.807, 2.05) is 26.8 Å². The Balaban J connectivity index is 2.90. The van der Waals surface area contributed by atoms with Gasteiger partial charge in [-0.3, -0.25) is 0 Å². The van der Waals surface area contributed by atoms with Crippen molar-refractivity contribution in [2.45, 2.75) is 26.8 Å². The van der Waals surface area contributed by atoms with E-state index in [2.05, 4.69) is 16.4 Å². The van der Waals surface area contributed by atoms with Crippen LogP contribution in [0.3, 0.4) is 0 Å². The molecule has 0 aliphatic carbocycles. The van der Waals surface area contributed by atoms with E-state index in [0.717, 1.165) is 5.56 Å². The van der Waals surface area contributed by atoms with E-state index in [1.165, 1.54) is 0 Å². The van der Waals surface area contributed by atoms with Crippen molar-refractivity contribution in [2.24, 2.45) is 5.92 Å². The van der Waals surface area contributed by atoms with Gasteiger partial charge < -0.3 is 10.4 Å². The molecule has 0 saturated carbocycles. The summed E-state index contributed by atoms with van der Waals surface area (Å²) in [7, 11) is 0. The van der Waals surface area contributed by atoms with Gasteiger partial charge in [-0.15, -0.1) is 0 Å². The Bertz CT molecular complexity index is 398. The number of aryl methyl sites for hydroxylation is 1. The first-order valence-corrected chi connectivity index (χ1v) is 5.33. The summed E-state index contributed by atoms with van der Waals surface area (Å²) in [5, 5.41) is 21.2. The zero-order valence-corrected chi connectivity index (χ0v) is 9.86. The van der Waals surface area contributed by atoms with Gasteiger partial charge in [-0.1, -0.05) is 6.92 Å². The van der Waals surface area contributed by atoms with Crippen molar-refractivity contribution in [1.82, 2.24) is 4.98 Å². The molecule has 0 radical (unpaired) electrons. The monoisotopic (exact) mass is 219 g/mol. The zero-order valence-electron chi connectivity index (χ0n) is 9.86. The molecule has 0 spiro atoms. The number of hydrogen-bond donors (Lipinski definition) is 2. The number of pyridine rings is 1. The lowest BCUT2D eigenvalue weighted by molar-refractivity contribution is 0.226. The summed E-state index contributed by atoms with van der Waals surface area (Å²) in [5.41, 5.74) is 1.48. The number of aliphatic hydroxyl groups excluding tert-OH is 1. The standard InChI is InChI=1S/C12H17N3O/c1-8-4-5-14-12(11(8)6-13)15-10(3)9(2)7-16/h4-5,9-10,16H,7H2,1-3H3,(H,14,15). The summed E-state index contributed by atoms with van der Waals surface area (Å²) in [6.07, 6.45) is 1.68. The van der Waals surface area contributed by atoms with E-state index in [9.17, 15) is 0 Å². The molecule has 16 heavy (non-hydrogen) atoms. The molecule has 1 heterocycles. The SMILES string of the molecule is Cc1ccnc(NC(C)C(C)CO)c1C#N. The molecule has 0 fully saturated rings. The Morgan fingerprint density at radius 2 is 2.25 bits per heavy atom. The molecule has 86 valence electrons. The van der Waals surface area contributed by atoms with Crippen molar-refractivity contribution in [3.8, 4) is 6.07 Å². The first-order chi connectivity index (χ1) is 7.60. The number of anilines is 1. The summed E-state index contributed by atoms with van der Waals surface area (Å²) in [4.78, 5) is 4.15. The number of aliphatic hydroxyl groups is 1. The molecule has 0 amide bonds. The fourth-order valence-electron chi connectivity index (χ4n) is 1.32. The third kappa shape index (κ3) is 2.71. The van der Waals surface area contributed by atoms with Crippen molar-refractivity contribution in [3.05, 3.63) is 23.4 Å². The lowest BCUT2D eigenvalue weighted by atomic mass is 10.0. The van der Waals surface area contributed by atoms with Crippen LogP contribution in [0.4, 0.5) is 5.82 Å². The van der Waals surface area contributed by atoms with Crippen molar-refractivity contribution < 1.29 is 5.11 Å². The average Bonchev–Trinajstić information content (AvgIpc) is 2.28. The van der Waals surface area contributed by atoms with E-state index in [1.54, 1.807) is 6.20 Å². The molecule has 0 aromatic carbocycles. The summed E-state index contributed by atoms with van der Waals surface area (Å²) in [5.74, 6) is 0.712. The van der Waals surface area contributed by atoms with Crippen molar-refractivity contribution in [1.29, 1.82) is 5.26 Å². The van der Waals surface area contributed by atoms with Crippen molar-refractivity contribution >= 4 is 5.82 Å². The maximum Gasteiger partial charge on any atom is 0.144 e. The normalized spacial score (nSPS) is 13.9. The zero-order chi connectivity index (χ0) is 12.1. The van der Waals surface area contributed by atoms with E-state index in [-0.39, 0.29) is 18.6 Å². The molecule has 2 atom stereocenters. The third-order valence-electron chi connectivity index (χ3n) is 2.78. The van der Waals surface area contributed by atoms with E-state index in [0.29, 0.717) is 11.4 Å². The molecule has 1 aromatic rings. The van der Waals surface area contributed by atoms with Crippen molar-refractivity contribution in [3.63, 3.8) is 0 Å². The largest absolute Gasteiger partial charge is 0.396 e. The lowest BCUT2D eigenvalue weighted by Crippen LogP contribution is -2.27. The second-order valence-corrected chi connectivity index (χ2v) is 4.06. The maximum absolute atomic E-state index is 9.04. The summed E-state index contributed by atoms with van der Waals surface area (Å²) in [6.45, 7) is 5.90. The first-order valence-electron chi connectivity index (χ1n) is 5.33. The molecule has 2 N–H and O–H groups in total. The highest BCUT2D eigenvalue weighted by molar-refractivity contribution is 5.55. The van der Waals surface area contributed by atoms with Gasteiger partial charge in [-0.2, -0.15) is 5.26 Å². The van der Waals surface area contributed by atoms with E-state index < -0.39 is 0 Å². The smallest absolute Gasteiger partial charge is 0.144 e. The Morgan fingerprint density at radius 1 is 1.56 bits per heavy atom. The van der Waals surface area contributed by atoms with Crippen LogP contribution in [0.2, 0.25) is 0 Å². The predicted molar refractivity (Wildman–Crippen MR) is 63.0 cm³/mol. The second-order valence-electron chi connectivity index (χ2n) is 4.06. The van der Waals surface area contributed by atoms with Gasteiger partial charge in [0.15, 0.2) is 0 Å². The topological polar surface area (TPSA) is 68.9 Å². The molecule has 0 saturated heterocycles. The van der Waals surface area contributed by atoms with Gasteiger partial charge in [0.25, 0.3) is 0 Å². The van der Waals surface area contributed by atoms with Crippen LogP contribution >= 0.6 is 0 Å². The van der Waals surface area contributed by atoms with E-state index >= 15 is 0 Å². The summed E-state index contributed by atoms with van der Waals surface area (Å²) >= 11 is 0. The fourth-order valence-corrected chi connectivity index (χ4v) is 1.32. The quantitative estimate of drug-likeness (QED) is 0.808. The molecule has 1 aromatic heterocycles. The van der Waals surface area contributed by atoms with Crippen LogP contribution < -0.4 is 5.32 Å². The number of nitriles is 1. The lowest BCUT2D eigenvalue weighted by Gasteiger charge is -2.20. The van der Waals surface area contributed by atoms with Gasteiger partial charge >= 0.3 is 0 Å². The number of nitrogens with one attached hydrogen (secondary N) is 1. The van der Waals surface area contributed by atoms with Gasteiger partial charge in [0.1, 0.15) is 11.9 Å². The number of aromatic nitrogens is 1. The molecule has 0 aliphatic rings. The first kappa shape index (κ1) is 12.5. The minimum atomic E-state index is 0.0754. The van der Waals surface area contributed by atoms with Crippen LogP contribution in [0.25, 0.3) is 0 Å². The number of nitrogens with zero attached hydrogens (tertiary/aromatic N) is 2. The van der Waals surface area contributed by atoms with Gasteiger partial charge in [0.2, 0.25) is 0 Å². The van der Waals surface area contributed by atoms with Gasteiger partial charge in [0.05, 0.1) is 5.56 Å². The van der Waals surface area contributed by atoms with Crippen LogP contribution in [0.5, 0.6) is 0 Å². The molecule has 1 rings (SSSR count). The Kier molecular flexibility index (Phi) is 4.27. The number of rotatable bonds is 4. The third-order valence-corrected chi connectivity index (χ3v) is 2.78. The van der Waals surface area contributed by atoms with Crippen LogP contribution in [-0.2, 0) is 0 Å². The fraction of sp³-hybridized carbons (Fsp3) is 0.500. The Labute approximate surface area is 95.9 Å². The Morgan fingerprint density at radius 3 is 2.81 bits per heavy atom. The number of hydrogen-bond acceptors (Lipinski definition) is 4. The average molecular weight is 219 g/mol. The molecule has 0 bridgehead atoms. The maximum atomic E-state index is 9.04. The van der Waals surface area contributed by atoms with Gasteiger partial charge in [0, 0.05) is 18.8 Å².